The molecule has 142 valence electrons. The van der Waals surface area contributed by atoms with Gasteiger partial charge in [-0.15, -0.1) is 0 Å². The van der Waals surface area contributed by atoms with Gasteiger partial charge >= 0.3 is 0 Å². The molecule has 7 N–H and O–H groups in total. The van der Waals surface area contributed by atoms with E-state index >= 15 is 0 Å². The van der Waals surface area contributed by atoms with Crippen molar-refractivity contribution < 1.29 is 54.7 Å². The van der Waals surface area contributed by atoms with Gasteiger partial charge in [0.2, 0.25) is 0 Å². The van der Waals surface area contributed by atoms with E-state index in [2.05, 4.69) is 0 Å². The molecule has 0 aromatic rings. The van der Waals surface area contributed by atoms with Crippen LogP contribution in [0, 0.1) is 0 Å². The second-order valence-corrected chi connectivity index (χ2v) is 5.74. The van der Waals surface area contributed by atoms with Crippen molar-refractivity contribution in [3.05, 3.63) is 0 Å². The molecule has 0 bridgehead atoms. The van der Waals surface area contributed by atoms with E-state index in [9.17, 15) is 30.6 Å². The Kier molecular flexibility index (Phi) is 6.87. The van der Waals surface area contributed by atoms with Crippen molar-refractivity contribution in [2.75, 3.05) is 20.3 Å². The summed E-state index contributed by atoms with van der Waals surface area (Å²) in [6, 6.07) is 0. The van der Waals surface area contributed by atoms with E-state index in [1.165, 1.54) is 7.11 Å². The molecule has 11 heteroatoms. The first-order valence-corrected chi connectivity index (χ1v) is 7.46. The van der Waals surface area contributed by atoms with Crippen LogP contribution in [0.25, 0.3) is 0 Å². The van der Waals surface area contributed by atoms with Crippen molar-refractivity contribution in [1.82, 2.24) is 0 Å². The minimum atomic E-state index is -1.69. The fourth-order valence-corrected chi connectivity index (χ4v) is 2.75. The second-order valence-electron chi connectivity index (χ2n) is 5.74. The summed E-state index contributed by atoms with van der Waals surface area (Å²) in [6.07, 6.45) is -14.3. The van der Waals surface area contributed by atoms with Crippen LogP contribution in [-0.2, 0) is 18.9 Å². The fraction of sp³-hybridized carbons (Fsp3) is 1.00. The highest BCUT2D eigenvalue weighted by Gasteiger charge is 2.50. The summed E-state index contributed by atoms with van der Waals surface area (Å²) >= 11 is 0. The molecule has 0 saturated carbocycles. The standard InChI is InChI=1S/C13H24O11/c1-21-12-10(20)8(18)11(5(3-15)23-12)24-13-9(19)7(17)6(16)4(2-14)22-13/h4-20H,2-3H2,1H3/t4-,5-,6-,7+,8-,9-,10-,11-,12?,13+/m0/s1. The summed E-state index contributed by atoms with van der Waals surface area (Å²) < 4.78 is 20.6. The Morgan fingerprint density at radius 3 is 1.79 bits per heavy atom. The van der Waals surface area contributed by atoms with Crippen molar-refractivity contribution >= 4 is 0 Å². The average molecular weight is 356 g/mol. The van der Waals surface area contributed by atoms with Crippen LogP contribution >= 0.6 is 0 Å². The van der Waals surface area contributed by atoms with Crippen LogP contribution in [0.4, 0.5) is 0 Å². The Morgan fingerprint density at radius 1 is 0.708 bits per heavy atom. The quantitative estimate of drug-likeness (QED) is 0.251. The van der Waals surface area contributed by atoms with E-state index in [1.807, 2.05) is 0 Å². The predicted octanol–water partition coefficient (Wildman–Crippen LogP) is -4.74. The summed E-state index contributed by atoms with van der Waals surface area (Å²) in [7, 11) is 1.24. The molecule has 2 rings (SSSR count). The number of methoxy groups -OCH3 is 1. The lowest BCUT2D eigenvalue weighted by Crippen LogP contribution is -2.64. The van der Waals surface area contributed by atoms with Crippen molar-refractivity contribution in [3.8, 4) is 0 Å². The first kappa shape index (κ1) is 19.9. The molecule has 2 aliphatic heterocycles. The Hall–Kier alpha value is -0.440. The van der Waals surface area contributed by atoms with Crippen LogP contribution in [0.1, 0.15) is 0 Å². The fourth-order valence-electron chi connectivity index (χ4n) is 2.75. The summed E-state index contributed by atoms with van der Waals surface area (Å²) in [4.78, 5) is 0. The van der Waals surface area contributed by atoms with E-state index in [-0.39, 0.29) is 0 Å². The smallest absolute Gasteiger partial charge is 0.187 e. The number of rotatable bonds is 5. The molecule has 0 aromatic heterocycles. The van der Waals surface area contributed by atoms with Crippen molar-refractivity contribution in [3.63, 3.8) is 0 Å². The number of aliphatic hydroxyl groups excluding tert-OH is 7. The van der Waals surface area contributed by atoms with Gasteiger partial charge < -0.3 is 54.7 Å². The summed E-state index contributed by atoms with van der Waals surface area (Å²) in [5, 5.41) is 68.0. The highest BCUT2D eigenvalue weighted by Crippen LogP contribution is 2.29. The van der Waals surface area contributed by atoms with Crippen molar-refractivity contribution in [2.45, 2.75) is 61.4 Å². The Labute approximate surface area is 137 Å². The van der Waals surface area contributed by atoms with E-state index < -0.39 is 74.6 Å². The van der Waals surface area contributed by atoms with Gasteiger partial charge in [0.05, 0.1) is 13.2 Å². The Balaban J connectivity index is 2.12. The number of hydrogen-bond donors (Lipinski definition) is 7. The summed E-state index contributed by atoms with van der Waals surface area (Å²) in [6.45, 7) is -1.24. The maximum atomic E-state index is 10.2. The van der Waals surface area contributed by atoms with Gasteiger partial charge in [-0.25, -0.2) is 0 Å². The minimum absolute atomic E-state index is 0.592. The van der Waals surface area contributed by atoms with Crippen LogP contribution < -0.4 is 0 Å². The summed E-state index contributed by atoms with van der Waals surface area (Å²) in [5.74, 6) is 0. The molecule has 24 heavy (non-hydrogen) atoms. The van der Waals surface area contributed by atoms with Crippen LogP contribution in [0.5, 0.6) is 0 Å². The van der Waals surface area contributed by atoms with Gasteiger partial charge in [-0.2, -0.15) is 0 Å². The number of ether oxygens (including phenoxy) is 4. The third-order valence-corrected chi connectivity index (χ3v) is 4.19. The molecule has 11 nitrogen and oxygen atoms in total. The van der Waals surface area contributed by atoms with Crippen LogP contribution in [0.3, 0.4) is 0 Å². The zero-order valence-corrected chi connectivity index (χ0v) is 13.0. The van der Waals surface area contributed by atoms with Gasteiger partial charge in [0.15, 0.2) is 12.6 Å². The molecular formula is C13H24O11. The minimum Gasteiger partial charge on any atom is -0.394 e. The maximum Gasteiger partial charge on any atom is 0.187 e. The maximum absolute atomic E-state index is 10.2. The zero-order valence-electron chi connectivity index (χ0n) is 13.0. The predicted molar refractivity (Wildman–Crippen MR) is 73.4 cm³/mol. The third-order valence-electron chi connectivity index (χ3n) is 4.19. The lowest BCUT2D eigenvalue weighted by atomic mass is 9.97. The molecule has 2 aliphatic rings. The number of aliphatic hydroxyl groups is 7. The molecule has 0 aromatic carbocycles. The van der Waals surface area contributed by atoms with E-state index in [4.69, 9.17) is 24.1 Å². The molecule has 0 amide bonds. The highest BCUT2D eigenvalue weighted by atomic mass is 16.7. The lowest BCUT2D eigenvalue weighted by molar-refractivity contribution is -0.357. The van der Waals surface area contributed by atoms with Gasteiger partial charge in [-0.3, -0.25) is 0 Å². The molecule has 10 atom stereocenters. The van der Waals surface area contributed by atoms with Gasteiger partial charge in [0.1, 0.15) is 48.8 Å². The zero-order chi connectivity index (χ0) is 18.0. The molecule has 2 fully saturated rings. The van der Waals surface area contributed by atoms with Gasteiger partial charge in [0, 0.05) is 7.11 Å². The monoisotopic (exact) mass is 356 g/mol. The molecular weight excluding hydrogens is 332 g/mol. The van der Waals surface area contributed by atoms with Crippen molar-refractivity contribution in [1.29, 1.82) is 0 Å². The highest BCUT2D eigenvalue weighted by molar-refractivity contribution is 4.93. The van der Waals surface area contributed by atoms with Crippen molar-refractivity contribution in [2.24, 2.45) is 0 Å². The normalized spacial score (nSPS) is 50.0. The molecule has 2 saturated heterocycles. The SMILES string of the molecule is COC1O[C@@H](CO)[C@H](O[C@H]2O[C@@H](CO)[C@H](O)[C@@H](O)[C@@H]2O)[C@@H](O)[C@@H]1O. The Bertz CT molecular complexity index is 392. The van der Waals surface area contributed by atoms with E-state index in [0.29, 0.717) is 0 Å². The largest absolute Gasteiger partial charge is 0.394 e. The van der Waals surface area contributed by atoms with Crippen LogP contribution in [-0.4, -0.2) is 117 Å². The lowest BCUT2D eigenvalue weighted by Gasteiger charge is -2.45. The molecule has 0 radical (unpaired) electrons. The number of hydrogen-bond acceptors (Lipinski definition) is 11. The second kappa shape index (κ2) is 8.29. The first-order valence-electron chi connectivity index (χ1n) is 7.46. The summed E-state index contributed by atoms with van der Waals surface area (Å²) in [5.41, 5.74) is 0. The molecule has 0 spiro atoms. The van der Waals surface area contributed by atoms with Gasteiger partial charge in [0.25, 0.3) is 0 Å². The average Bonchev–Trinajstić information content (AvgIpc) is 2.59. The van der Waals surface area contributed by atoms with Gasteiger partial charge in [-0.05, 0) is 0 Å². The topological polar surface area (TPSA) is 179 Å². The molecule has 0 aliphatic carbocycles. The first-order chi connectivity index (χ1) is 11.3. The van der Waals surface area contributed by atoms with E-state index in [1.54, 1.807) is 0 Å². The van der Waals surface area contributed by atoms with E-state index in [0.717, 1.165) is 0 Å². The molecule has 2 heterocycles. The molecule has 1 unspecified atom stereocenters. The Morgan fingerprint density at radius 2 is 1.25 bits per heavy atom. The van der Waals surface area contributed by atoms with Crippen LogP contribution in [0.2, 0.25) is 0 Å². The third kappa shape index (κ3) is 3.71. The van der Waals surface area contributed by atoms with Gasteiger partial charge in [-0.1, -0.05) is 0 Å². The van der Waals surface area contributed by atoms with Crippen LogP contribution in [0.15, 0.2) is 0 Å².